The lowest BCUT2D eigenvalue weighted by atomic mass is 10.1. The summed E-state index contributed by atoms with van der Waals surface area (Å²) in [6.07, 6.45) is 7.28. The summed E-state index contributed by atoms with van der Waals surface area (Å²) in [7, 11) is 1.90. The molecule has 7 heteroatoms. The predicted octanol–water partition coefficient (Wildman–Crippen LogP) is -0.325. The summed E-state index contributed by atoms with van der Waals surface area (Å²) >= 11 is 0. The molecular formula is C9H15N7. The average Bonchev–Trinajstić information content (AvgIpc) is 2.91. The molecule has 0 aromatic carbocycles. The Balaban J connectivity index is 1.93. The molecule has 86 valence electrons. The fourth-order valence-electron chi connectivity index (χ4n) is 1.61. The van der Waals surface area contributed by atoms with Crippen LogP contribution in [0.3, 0.4) is 0 Å². The van der Waals surface area contributed by atoms with Gasteiger partial charge in [-0.25, -0.2) is 0 Å². The second-order valence-corrected chi connectivity index (χ2v) is 3.68. The molecule has 0 radical (unpaired) electrons. The minimum atomic E-state index is 0.0129. The van der Waals surface area contributed by atoms with Gasteiger partial charge >= 0.3 is 0 Å². The third-order valence-electron chi connectivity index (χ3n) is 2.47. The molecule has 2 heterocycles. The third kappa shape index (κ3) is 2.44. The Morgan fingerprint density at radius 1 is 1.56 bits per heavy atom. The van der Waals surface area contributed by atoms with E-state index in [9.17, 15) is 0 Å². The van der Waals surface area contributed by atoms with Crippen LogP contribution in [-0.4, -0.2) is 25.2 Å². The molecular weight excluding hydrogens is 206 g/mol. The maximum Gasteiger partial charge on any atom is 0.101 e. The highest BCUT2D eigenvalue weighted by atomic mass is 15.3. The number of hydrogen-bond donors (Lipinski definition) is 3. The van der Waals surface area contributed by atoms with E-state index in [2.05, 4.69) is 25.9 Å². The second-order valence-electron chi connectivity index (χ2n) is 3.68. The van der Waals surface area contributed by atoms with Crippen LogP contribution in [0.5, 0.6) is 0 Å². The van der Waals surface area contributed by atoms with Gasteiger partial charge in [-0.05, 0) is 18.4 Å². The number of aryl methyl sites for hydroxylation is 2. The van der Waals surface area contributed by atoms with Gasteiger partial charge in [0.15, 0.2) is 0 Å². The van der Waals surface area contributed by atoms with Gasteiger partial charge in [-0.1, -0.05) is 0 Å². The minimum absolute atomic E-state index is 0.0129. The molecule has 1 atom stereocenters. The molecule has 2 aromatic rings. The molecule has 0 fully saturated rings. The zero-order chi connectivity index (χ0) is 11.4. The first-order chi connectivity index (χ1) is 7.79. The standard InChI is InChI=1S/C9H15N7/c1-16-6-7(4-12-16)2-3-8(13-10)9-5-11-15-14-9/h4-6,8,13H,2-3,10H2,1H3,(H,11,14,15). The predicted molar refractivity (Wildman–Crippen MR) is 58.0 cm³/mol. The molecule has 0 bridgehead atoms. The maximum absolute atomic E-state index is 5.48. The summed E-state index contributed by atoms with van der Waals surface area (Å²) in [5.41, 5.74) is 4.74. The summed E-state index contributed by atoms with van der Waals surface area (Å²) in [4.78, 5) is 0. The highest BCUT2D eigenvalue weighted by molar-refractivity contribution is 5.06. The summed E-state index contributed by atoms with van der Waals surface area (Å²) in [6.45, 7) is 0. The summed E-state index contributed by atoms with van der Waals surface area (Å²) in [6, 6.07) is 0.0129. The third-order valence-corrected chi connectivity index (χ3v) is 2.47. The van der Waals surface area contributed by atoms with E-state index in [0.29, 0.717) is 0 Å². The molecule has 0 aliphatic heterocycles. The summed E-state index contributed by atoms with van der Waals surface area (Å²) < 4.78 is 1.79. The lowest BCUT2D eigenvalue weighted by molar-refractivity contribution is 0.503. The van der Waals surface area contributed by atoms with Gasteiger partial charge in [0.05, 0.1) is 18.4 Å². The van der Waals surface area contributed by atoms with Crippen molar-refractivity contribution in [1.29, 1.82) is 0 Å². The maximum atomic E-state index is 5.48. The van der Waals surface area contributed by atoms with Gasteiger partial charge in [-0.3, -0.25) is 16.0 Å². The zero-order valence-corrected chi connectivity index (χ0v) is 9.09. The highest BCUT2D eigenvalue weighted by Crippen LogP contribution is 2.14. The van der Waals surface area contributed by atoms with Crippen LogP contribution in [0.25, 0.3) is 0 Å². The Labute approximate surface area is 93.0 Å². The smallest absolute Gasteiger partial charge is 0.101 e. The van der Waals surface area contributed by atoms with E-state index in [1.165, 1.54) is 5.56 Å². The lowest BCUT2D eigenvalue weighted by Crippen LogP contribution is -2.28. The number of rotatable bonds is 5. The van der Waals surface area contributed by atoms with E-state index in [4.69, 9.17) is 5.84 Å². The van der Waals surface area contributed by atoms with E-state index in [0.717, 1.165) is 18.5 Å². The molecule has 0 saturated heterocycles. The average molecular weight is 221 g/mol. The van der Waals surface area contributed by atoms with Crippen molar-refractivity contribution < 1.29 is 0 Å². The van der Waals surface area contributed by atoms with Crippen LogP contribution in [0, 0.1) is 0 Å². The van der Waals surface area contributed by atoms with E-state index >= 15 is 0 Å². The Bertz CT molecular complexity index is 419. The molecule has 7 nitrogen and oxygen atoms in total. The van der Waals surface area contributed by atoms with Gasteiger partial charge in [0, 0.05) is 13.2 Å². The van der Waals surface area contributed by atoms with E-state index < -0.39 is 0 Å². The number of nitrogens with zero attached hydrogens (tertiary/aromatic N) is 4. The molecule has 4 N–H and O–H groups in total. The first-order valence-electron chi connectivity index (χ1n) is 5.09. The molecule has 0 aliphatic rings. The fourth-order valence-corrected chi connectivity index (χ4v) is 1.61. The van der Waals surface area contributed by atoms with Crippen molar-refractivity contribution in [2.45, 2.75) is 18.9 Å². The fraction of sp³-hybridized carbons (Fsp3) is 0.444. The van der Waals surface area contributed by atoms with Crippen molar-refractivity contribution in [3.8, 4) is 0 Å². The van der Waals surface area contributed by atoms with Gasteiger partial charge < -0.3 is 0 Å². The minimum Gasteiger partial charge on any atom is -0.276 e. The normalized spacial score (nSPS) is 12.9. The summed E-state index contributed by atoms with van der Waals surface area (Å²) in [5, 5.41) is 14.5. The van der Waals surface area contributed by atoms with Crippen molar-refractivity contribution in [2.24, 2.45) is 12.9 Å². The molecule has 16 heavy (non-hydrogen) atoms. The Morgan fingerprint density at radius 3 is 3.00 bits per heavy atom. The molecule has 0 saturated carbocycles. The van der Waals surface area contributed by atoms with Gasteiger partial charge in [0.25, 0.3) is 0 Å². The van der Waals surface area contributed by atoms with Crippen LogP contribution < -0.4 is 11.3 Å². The van der Waals surface area contributed by atoms with Crippen LogP contribution in [0.2, 0.25) is 0 Å². The van der Waals surface area contributed by atoms with E-state index in [1.54, 1.807) is 10.9 Å². The number of hydrogen-bond acceptors (Lipinski definition) is 5. The molecule has 0 spiro atoms. The van der Waals surface area contributed by atoms with Crippen LogP contribution in [0.4, 0.5) is 0 Å². The first kappa shape index (κ1) is 10.8. The number of aromatic nitrogens is 5. The van der Waals surface area contributed by atoms with E-state index in [1.807, 2.05) is 19.4 Å². The van der Waals surface area contributed by atoms with Crippen molar-refractivity contribution in [3.63, 3.8) is 0 Å². The highest BCUT2D eigenvalue weighted by Gasteiger charge is 2.12. The van der Waals surface area contributed by atoms with Crippen molar-refractivity contribution >= 4 is 0 Å². The quantitative estimate of drug-likeness (QED) is 0.474. The van der Waals surface area contributed by atoms with E-state index in [-0.39, 0.29) is 6.04 Å². The Hall–Kier alpha value is -1.73. The number of H-pyrrole nitrogens is 1. The van der Waals surface area contributed by atoms with Gasteiger partial charge in [-0.2, -0.15) is 20.5 Å². The molecule has 2 aromatic heterocycles. The van der Waals surface area contributed by atoms with Gasteiger partial charge in [-0.15, -0.1) is 0 Å². The number of hydrazine groups is 1. The molecule has 2 rings (SSSR count). The monoisotopic (exact) mass is 221 g/mol. The van der Waals surface area contributed by atoms with Crippen LogP contribution >= 0.6 is 0 Å². The van der Waals surface area contributed by atoms with Crippen molar-refractivity contribution in [1.82, 2.24) is 30.6 Å². The van der Waals surface area contributed by atoms with Gasteiger partial charge in [0.2, 0.25) is 0 Å². The largest absolute Gasteiger partial charge is 0.276 e. The topological polar surface area (TPSA) is 97.4 Å². The molecule has 0 amide bonds. The van der Waals surface area contributed by atoms with Crippen LogP contribution in [0.15, 0.2) is 18.6 Å². The van der Waals surface area contributed by atoms with Crippen molar-refractivity contribution in [3.05, 3.63) is 29.8 Å². The number of nitrogens with one attached hydrogen (secondary N) is 2. The number of nitrogens with two attached hydrogens (primary N) is 1. The lowest BCUT2D eigenvalue weighted by Gasteiger charge is -2.11. The SMILES string of the molecule is Cn1cc(CCC(NN)c2cn[nH]n2)cn1. The zero-order valence-electron chi connectivity index (χ0n) is 9.09. The van der Waals surface area contributed by atoms with Crippen molar-refractivity contribution in [2.75, 3.05) is 0 Å². The second kappa shape index (κ2) is 4.86. The number of aromatic amines is 1. The Kier molecular flexibility index (Phi) is 3.28. The summed E-state index contributed by atoms with van der Waals surface area (Å²) in [5.74, 6) is 5.48. The van der Waals surface area contributed by atoms with Gasteiger partial charge in [0.1, 0.15) is 5.69 Å². The Morgan fingerprint density at radius 2 is 2.44 bits per heavy atom. The first-order valence-corrected chi connectivity index (χ1v) is 5.09. The molecule has 1 unspecified atom stereocenters. The van der Waals surface area contributed by atoms with Crippen LogP contribution in [-0.2, 0) is 13.5 Å². The molecule has 0 aliphatic carbocycles. The van der Waals surface area contributed by atoms with Crippen LogP contribution in [0.1, 0.15) is 23.7 Å².